The lowest BCUT2D eigenvalue weighted by atomic mass is 10.0. The van der Waals surface area contributed by atoms with Crippen molar-refractivity contribution in [2.45, 2.75) is 418 Å². The number of aliphatic hydroxyl groups is 2. The van der Waals surface area contributed by atoms with E-state index in [0.717, 1.165) is 38.5 Å². The molecule has 448 valence electrons. The quantitative estimate of drug-likeness (QED) is 0.0417. The standard InChI is InChI=1S/C69H137NO5/c1-3-5-7-9-11-13-14-15-16-17-34-37-40-43-47-51-55-59-63-69(74)75-64-60-56-52-48-44-41-38-35-32-30-28-26-24-22-20-18-19-21-23-25-27-29-31-33-36-39-42-46-50-54-58-62-68(73)70-66(65-71)67(72)61-57-53-49-45-12-10-8-6-4-2/h66-67,71-72H,3-65H2,1-2H3,(H,70,73). The van der Waals surface area contributed by atoms with Gasteiger partial charge in [0.2, 0.25) is 5.91 Å². The molecule has 0 aromatic heterocycles. The van der Waals surface area contributed by atoms with Gasteiger partial charge in [0.1, 0.15) is 0 Å². The van der Waals surface area contributed by atoms with Crippen molar-refractivity contribution in [3.05, 3.63) is 0 Å². The van der Waals surface area contributed by atoms with E-state index in [4.69, 9.17) is 4.74 Å². The summed E-state index contributed by atoms with van der Waals surface area (Å²) >= 11 is 0. The maximum atomic E-state index is 12.4. The van der Waals surface area contributed by atoms with Gasteiger partial charge in [0.05, 0.1) is 25.4 Å². The van der Waals surface area contributed by atoms with Gasteiger partial charge >= 0.3 is 5.97 Å². The Morgan fingerprint density at radius 1 is 0.320 bits per heavy atom. The molecule has 0 heterocycles. The van der Waals surface area contributed by atoms with Crippen molar-refractivity contribution in [2.24, 2.45) is 0 Å². The SMILES string of the molecule is CCCCCCCCCCCCCCCCCCCCC(=O)OCCCCCCCCCCCCCCCCCCCCCCCCCCCCCCCCCC(=O)NC(CO)C(O)CCCCCCCCCCC. The van der Waals surface area contributed by atoms with Crippen LogP contribution in [0.25, 0.3) is 0 Å². The minimum atomic E-state index is -0.658. The van der Waals surface area contributed by atoms with Crippen LogP contribution in [0, 0.1) is 0 Å². The molecule has 75 heavy (non-hydrogen) atoms. The summed E-state index contributed by atoms with van der Waals surface area (Å²) in [7, 11) is 0. The van der Waals surface area contributed by atoms with E-state index in [1.807, 2.05) is 0 Å². The predicted molar refractivity (Wildman–Crippen MR) is 329 cm³/mol. The Hall–Kier alpha value is -1.14. The van der Waals surface area contributed by atoms with E-state index in [1.165, 1.54) is 334 Å². The van der Waals surface area contributed by atoms with Crippen molar-refractivity contribution in [3.63, 3.8) is 0 Å². The number of aliphatic hydroxyl groups excluding tert-OH is 2. The first-order valence-corrected chi connectivity index (χ1v) is 34.8. The molecule has 0 aromatic carbocycles. The van der Waals surface area contributed by atoms with E-state index >= 15 is 0 Å². The van der Waals surface area contributed by atoms with Gasteiger partial charge in [0.25, 0.3) is 0 Å². The molecule has 2 atom stereocenters. The molecular weight excluding hydrogens is 923 g/mol. The lowest BCUT2D eigenvalue weighted by Crippen LogP contribution is -2.45. The summed E-state index contributed by atoms with van der Waals surface area (Å²) in [5, 5.41) is 23.1. The molecule has 0 spiro atoms. The van der Waals surface area contributed by atoms with Crippen molar-refractivity contribution in [2.75, 3.05) is 13.2 Å². The van der Waals surface area contributed by atoms with E-state index in [2.05, 4.69) is 19.2 Å². The molecule has 0 saturated carbocycles. The summed E-state index contributed by atoms with van der Waals surface area (Å²) in [6.45, 7) is 4.98. The first-order chi connectivity index (χ1) is 37.0. The molecule has 6 nitrogen and oxygen atoms in total. The first kappa shape index (κ1) is 73.9. The van der Waals surface area contributed by atoms with Gasteiger partial charge in [-0.1, -0.05) is 367 Å². The van der Waals surface area contributed by atoms with E-state index in [9.17, 15) is 19.8 Å². The number of hydrogen-bond acceptors (Lipinski definition) is 5. The van der Waals surface area contributed by atoms with E-state index in [1.54, 1.807) is 0 Å². The van der Waals surface area contributed by atoms with E-state index in [0.29, 0.717) is 25.9 Å². The van der Waals surface area contributed by atoms with Crippen LogP contribution in [0.1, 0.15) is 406 Å². The highest BCUT2D eigenvalue weighted by molar-refractivity contribution is 5.76. The van der Waals surface area contributed by atoms with Crippen LogP contribution in [-0.4, -0.2) is 47.4 Å². The second kappa shape index (κ2) is 65.4. The van der Waals surface area contributed by atoms with Crippen LogP contribution >= 0.6 is 0 Å². The van der Waals surface area contributed by atoms with Crippen LogP contribution in [0.3, 0.4) is 0 Å². The number of unbranched alkanes of at least 4 members (excludes halogenated alkanes) is 55. The monoisotopic (exact) mass is 1060 g/mol. The summed E-state index contributed by atoms with van der Waals surface area (Å²) in [5.41, 5.74) is 0. The third-order valence-electron chi connectivity index (χ3n) is 16.7. The minimum absolute atomic E-state index is 0.0261. The van der Waals surface area contributed by atoms with Crippen LogP contribution in [0.5, 0.6) is 0 Å². The van der Waals surface area contributed by atoms with Crippen LogP contribution in [0.2, 0.25) is 0 Å². The van der Waals surface area contributed by atoms with Crippen molar-refractivity contribution >= 4 is 11.9 Å². The second-order valence-electron chi connectivity index (χ2n) is 24.2. The fourth-order valence-electron chi connectivity index (χ4n) is 11.4. The van der Waals surface area contributed by atoms with Gasteiger partial charge in [-0.3, -0.25) is 9.59 Å². The van der Waals surface area contributed by atoms with Gasteiger partial charge < -0.3 is 20.3 Å². The Labute approximate surface area is 470 Å². The average Bonchev–Trinajstić information content (AvgIpc) is 3.41. The normalized spacial score (nSPS) is 12.4. The summed E-state index contributed by atoms with van der Waals surface area (Å²) in [6, 6.07) is -0.535. The molecule has 3 N–H and O–H groups in total. The number of carbonyl (C=O) groups excluding carboxylic acids is 2. The Bertz CT molecular complexity index is 1080. The largest absolute Gasteiger partial charge is 0.466 e. The Kier molecular flexibility index (Phi) is 64.4. The number of carbonyl (C=O) groups is 2. The van der Waals surface area contributed by atoms with Crippen molar-refractivity contribution < 1.29 is 24.5 Å². The Morgan fingerprint density at radius 2 is 0.547 bits per heavy atom. The molecule has 0 aliphatic heterocycles. The average molecular weight is 1060 g/mol. The fourth-order valence-corrected chi connectivity index (χ4v) is 11.4. The second-order valence-corrected chi connectivity index (χ2v) is 24.2. The Balaban J connectivity index is 3.26. The highest BCUT2D eigenvalue weighted by Gasteiger charge is 2.20. The smallest absolute Gasteiger partial charge is 0.305 e. The van der Waals surface area contributed by atoms with Crippen molar-refractivity contribution in [1.82, 2.24) is 5.32 Å². The fraction of sp³-hybridized carbons (Fsp3) is 0.971. The molecule has 0 radical (unpaired) electrons. The lowest BCUT2D eigenvalue weighted by molar-refractivity contribution is -0.143. The van der Waals surface area contributed by atoms with Crippen molar-refractivity contribution in [1.29, 1.82) is 0 Å². The molecule has 0 aromatic rings. The summed E-state index contributed by atoms with van der Waals surface area (Å²) in [4.78, 5) is 24.5. The third kappa shape index (κ3) is 61.9. The number of amides is 1. The maximum Gasteiger partial charge on any atom is 0.305 e. The molecule has 0 bridgehead atoms. The lowest BCUT2D eigenvalue weighted by Gasteiger charge is -2.22. The number of hydrogen-bond donors (Lipinski definition) is 3. The molecule has 6 heteroatoms. The summed E-state index contributed by atoms with van der Waals surface area (Å²) < 4.78 is 5.51. The maximum absolute atomic E-state index is 12.4. The zero-order valence-corrected chi connectivity index (χ0v) is 51.3. The molecule has 0 fully saturated rings. The molecule has 0 saturated heterocycles. The molecule has 0 rings (SSSR count). The first-order valence-electron chi connectivity index (χ1n) is 34.8. The van der Waals surface area contributed by atoms with Crippen molar-refractivity contribution in [3.8, 4) is 0 Å². The van der Waals surface area contributed by atoms with Gasteiger partial charge in [-0.15, -0.1) is 0 Å². The van der Waals surface area contributed by atoms with Crippen LogP contribution in [0.4, 0.5) is 0 Å². The van der Waals surface area contributed by atoms with Crippen LogP contribution in [0.15, 0.2) is 0 Å². The van der Waals surface area contributed by atoms with Gasteiger partial charge in [-0.25, -0.2) is 0 Å². The summed E-state index contributed by atoms with van der Waals surface area (Å²) in [5.74, 6) is -0.00465. The highest BCUT2D eigenvalue weighted by atomic mass is 16.5. The van der Waals surface area contributed by atoms with Crippen LogP contribution in [-0.2, 0) is 14.3 Å². The predicted octanol–water partition coefficient (Wildman–Crippen LogP) is 22.2. The number of nitrogens with one attached hydrogen (secondary N) is 1. The third-order valence-corrected chi connectivity index (χ3v) is 16.7. The van der Waals surface area contributed by atoms with Gasteiger partial charge in [0, 0.05) is 12.8 Å². The van der Waals surface area contributed by atoms with Crippen LogP contribution < -0.4 is 5.32 Å². The molecule has 0 aliphatic carbocycles. The number of esters is 1. The zero-order chi connectivity index (χ0) is 54.3. The van der Waals surface area contributed by atoms with Gasteiger partial charge in [0.15, 0.2) is 0 Å². The van der Waals surface area contributed by atoms with E-state index < -0.39 is 12.1 Å². The Morgan fingerprint density at radius 3 is 0.813 bits per heavy atom. The zero-order valence-electron chi connectivity index (χ0n) is 51.3. The topological polar surface area (TPSA) is 95.9 Å². The minimum Gasteiger partial charge on any atom is -0.466 e. The van der Waals surface area contributed by atoms with Gasteiger partial charge in [-0.2, -0.15) is 0 Å². The molecular formula is C69H137NO5. The van der Waals surface area contributed by atoms with E-state index in [-0.39, 0.29) is 18.5 Å². The molecule has 2 unspecified atom stereocenters. The number of ether oxygens (including phenoxy) is 1. The summed E-state index contributed by atoms with van der Waals surface area (Å²) in [6.07, 6.45) is 78.9. The number of rotatable bonds is 66. The molecule has 0 aliphatic rings. The van der Waals surface area contributed by atoms with Gasteiger partial charge in [-0.05, 0) is 25.7 Å². The highest BCUT2D eigenvalue weighted by Crippen LogP contribution is 2.19. The molecule has 1 amide bonds.